The maximum Gasteiger partial charge on any atom is 0.252 e. The molecule has 3 aromatic rings. The molecule has 1 fully saturated rings. The number of piperidine rings is 1. The van der Waals surface area contributed by atoms with E-state index in [0.717, 1.165) is 5.56 Å². The lowest BCUT2D eigenvalue weighted by molar-refractivity contribution is -0.120. The summed E-state index contributed by atoms with van der Waals surface area (Å²) in [6.07, 6.45) is 4.71. The normalized spacial score (nSPS) is 15.8. The molecule has 1 unspecified atom stereocenters. The first-order chi connectivity index (χ1) is 14.1. The molecule has 1 amide bonds. The summed E-state index contributed by atoms with van der Waals surface area (Å²) in [7, 11) is 0. The van der Waals surface area contributed by atoms with Gasteiger partial charge in [-0.25, -0.2) is 4.98 Å². The zero-order chi connectivity index (χ0) is 20.2. The van der Waals surface area contributed by atoms with Crippen LogP contribution in [0.2, 0.25) is 0 Å². The molecular weight excluding hydrogens is 368 g/mol. The highest BCUT2D eigenvalue weighted by Crippen LogP contribution is 2.23. The van der Waals surface area contributed by atoms with Crippen molar-refractivity contribution in [3.63, 3.8) is 0 Å². The summed E-state index contributed by atoms with van der Waals surface area (Å²) >= 11 is 0. The van der Waals surface area contributed by atoms with Gasteiger partial charge in [-0.15, -0.1) is 0 Å². The van der Waals surface area contributed by atoms with Gasteiger partial charge in [-0.1, -0.05) is 30.3 Å². The van der Waals surface area contributed by atoms with Gasteiger partial charge in [-0.2, -0.15) is 5.10 Å². The predicted octanol–water partition coefficient (Wildman–Crippen LogP) is 2.43. The summed E-state index contributed by atoms with van der Waals surface area (Å²) in [5, 5.41) is 7.46. The molecule has 8 nitrogen and oxygen atoms in total. The number of rotatable bonds is 5. The quantitative estimate of drug-likeness (QED) is 0.695. The van der Waals surface area contributed by atoms with Gasteiger partial charge in [0.2, 0.25) is 5.91 Å². The van der Waals surface area contributed by atoms with Crippen molar-refractivity contribution >= 4 is 17.5 Å². The molecule has 150 valence electrons. The number of H-pyrrole nitrogens is 1. The average Bonchev–Trinajstić information content (AvgIpc) is 3.22. The second kappa shape index (κ2) is 8.30. The molecule has 0 aliphatic carbocycles. The monoisotopic (exact) mass is 392 g/mol. The van der Waals surface area contributed by atoms with Gasteiger partial charge < -0.3 is 15.2 Å². The van der Waals surface area contributed by atoms with Gasteiger partial charge >= 0.3 is 0 Å². The third-order valence-electron chi connectivity index (χ3n) is 5.39. The van der Waals surface area contributed by atoms with Crippen LogP contribution in [0.4, 0.5) is 11.6 Å². The number of anilines is 2. The number of nitrogens with zero attached hydrogens (tertiary/aromatic N) is 4. The minimum absolute atomic E-state index is 0.0128. The summed E-state index contributed by atoms with van der Waals surface area (Å²) in [5.74, 6) is 1.13. The second-order valence-corrected chi connectivity index (χ2v) is 7.29. The molecule has 1 saturated heterocycles. The van der Waals surface area contributed by atoms with Crippen molar-refractivity contribution in [2.45, 2.75) is 25.8 Å². The lowest BCUT2D eigenvalue weighted by atomic mass is 9.96. The van der Waals surface area contributed by atoms with Crippen LogP contribution in [0.3, 0.4) is 0 Å². The fourth-order valence-electron chi connectivity index (χ4n) is 3.63. The average molecular weight is 392 g/mol. The first-order valence-electron chi connectivity index (χ1n) is 9.81. The molecule has 2 aromatic heterocycles. The van der Waals surface area contributed by atoms with Crippen LogP contribution in [-0.2, 0) is 4.79 Å². The Bertz CT molecular complexity index is 1020. The van der Waals surface area contributed by atoms with E-state index in [1.165, 1.54) is 12.4 Å². The van der Waals surface area contributed by atoms with Crippen molar-refractivity contribution in [3.8, 4) is 0 Å². The number of nitrogens with one attached hydrogen (secondary N) is 2. The Kier molecular flexibility index (Phi) is 5.41. The largest absolute Gasteiger partial charge is 0.356 e. The minimum Gasteiger partial charge on any atom is -0.356 e. The first kappa shape index (κ1) is 18.9. The molecule has 3 heterocycles. The van der Waals surface area contributed by atoms with E-state index in [-0.39, 0.29) is 23.4 Å². The van der Waals surface area contributed by atoms with E-state index >= 15 is 0 Å². The molecule has 0 saturated carbocycles. The Balaban J connectivity index is 1.34. The van der Waals surface area contributed by atoms with Crippen molar-refractivity contribution in [2.24, 2.45) is 5.92 Å². The van der Waals surface area contributed by atoms with Crippen LogP contribution >= 0.6 is 0 Å². The number of aromatic nitrogens is 4. The maximum atomic E-state index is 12.7. The van der Waals surface area contributed by atoms with E-state index in [0.29, 0.717) is 37.6 Å². The van der Waals surface area contributed by atoms with Crippen molar-refractivity contribution in [2.75, 3.05) is 23.3 Å². The highest BCUT2D eigenvalue weighted by Gasteiger charge is 2.26. The summed E-state index contributed by atoms with van der Waals surface area (Å²) in [6.45, 7) is 3.45. The van der Waals surface area contributed by atoms with Crippen LogP contribution in [0.25, 0.3) is 0 Å². The Morgan fingerprint density at radius 1 is 1.21 bits per heavy atom. The summed E-state index contributed by atoms with van der Waals surface area (Å²) in [5.41, 5.74) is 0.990. The van der Waals surface area contributed by atoms with Gasteiger partial charge in [0.25, 0.3) is 5.56 Å². The van der Waals surface area contributed by atoms with Crippen molar-refractivity contribution < 1.29 is 4.79 Å². The molecule has 4 rings (SSSR count). The molecule has 2 N–H and O–H groups in total. The number of carbonyl (C=O) groups excluding carboxylic acids is 1. The van der Waals surface area contributed by atoms with Gasteiger partial charge in [0.15, 0.2) is 5.82 Å². The fraction of sp³-hybridized carbons (Fsp3) is 0.333. The number of aromatic amines is 1. The third-order valence-corrected chi connectivity index (χ3v) is 5.39. The number of benzene rings is 1. The first-order valence-corrected chi connectivity index (χ1v) is 9.81. The van der Waals surface area contributed by atoms with Crippen LogP contribution in [-0.4, -0.2) is 38.7 Å². The maximum absolute atomic E-state index is 12.7. The van der Waals surface area contributed by atoms with Crippen LogP contribution in [0, 0.1) is 5.92 Å². The van der Waals surface area contributed by atoms with Crippen molar-refractivity contribution in [1.82, 2.24) is 19.7 Å². The summed E-state index contributed by atoms with van der Waals surface area (Å²) in [6, 6.07) is 13.5. The molecule has 1 aromatic carbocycles. The Morgan fingerprint density at radius 2 is 1.97 bits per heavy atom. The number of hydrogen-bond acceptors (Lipinski definition) is 5. The standard InChI is InChI=1S/C21H24N6O2/c1-15(16-5-3-2-4-6-16)27-12-9-18(25-27)24-21(29)17-7-10-26(11-8-17)19-13-20(28)23-14-22-19/h2-6,9,12-15,17H,7-8,10-11H2,1H3,(H,22,23,28)(H,24,25,29). The van der Waals surface area contributed by atoms with Gasteiger partial charge in [0.05, 0.1) is 12.4 Å². The molecule has 0 spiro atoms. The van der Waals surface area contributed by atoms with Gasteiger partial charge in [0, 0.05) is 37.3 Å². The van der Waals surface area contributed by atoms with Crippen molar-refractivity contribution in [3.05, 3.63) is 70.9 Å². The van der Waals surface area contributed by atoms with E-state index in [1.54, 1.807) is 0 Å². The topological polar surface area (TPSA) is 95.9 Å². The Labute approximate surface area is 168 Å². The molecule has 0 bridgehead atoms. The molecule has 1 aliphatic heterocycles. The van der Waals surface area contributed by atoms with Crippen LogP contribution in [0.1, 0.15) is 31.4 Å². The molecular formula is C21H24N6O2. The lowest BCUT2D eigenvalue weighted by Gasteiger charge is -2.31. The van der Waals surface area contributed by atoms with E-state index in [1.807, 2.05) is 40.0 Å². The number of hydrogen-bond donors (Lipinski definition) is 2. The van der Waals surface area contributed by atoms with E-state index in [4.69, 9.17) is 0 Å². The molecule has 1 atom stereocenters. The molecule has 1 aliphatic rings. The SMILES string of the molecule is CC(c1ccccc1)n1ccc(NC(=O)C2CCN(c3cc(=O)[nH]cn3)CC2)n1. The van der Waals surface area contributed by atoms with Crippen LogP contribution in [0.5, 0.6) is 0 Å². The molecule has 29 heavy (non-hydrogen) atoms. The number of amides is 1. The zero-order valence-electron chi connectivity index (χ0n) is 16.3. The zero-order valence-corrected chi connectivity index (χ0v) is 16.3. The Morgan fingerprint density at radius 3 is 2.69 bits per heavy atom. The smallest absolute Gasteiger partial charge is 0.252 e. The fourth-order valence-corrected chi connectivity index (χ4v) is 3.63. The highest BCUT2D eigenvalue weighted by molar-refractivity contribution is 5.91. The highest BCUT2D eigenvalue weighted by atomic mass is 16.2. The predicted molar refractivity (Wildman–Crippen MR) is 111 cm³/mol. The van der Waals surface area contributed by atoms with Gasteiger partial charge in [-0.3, -0.25) is 14.3 Å². The van der Waals surface area contributed by atoms with E-state index < -0.39 is 0 Å². The third kappa shape index (κ3) is 4.37. The van der Waals surface area contributed by atoms with Crippen molar-refractivity contribution in [1.29, 1.82) is 0 Å². The van der Waals surface area contributed by atoms with Crippen LogP contribution in [0.15, 0.2) is 59.8 Å². The summed E-state index contributed by atoms with van der Waals surface area (Å²) in [4.78, 5) is 32.9. The van der Waals surface area contributed by atoms with Crippen LogP contribution < -0.4 is 15.8 Å². The molecule has 8 heteroatoms. The van der Waals surface area contributed by atoms with E-state index in [2.05, 4.69) is 39.4 Å². The second-order valence-electron chi connectivity index (χ2n) is 7.29. The minimum atomic E-state index is -0.171. The molecule has 0 radical (unpaired) electrons. The van der Waals surface area contributed by atoms with E-state index in [9.17, 15) is 9.59 Å². The van der Waals surface area contributed by atoms with Gasteiger partial charge in [0.1, 0.15) is 5.82 Å². The number of carbonyl (C=O) groups is 1. The lowest BCUT2D eigenvalue weighted by Crippen LogP contribution is -2.39. The van der Waals surface area contributed by atoms with Gasteiger partial charge in [-0.05, 0) is 25.3 Å². The summed E-state index contributed by atoms with van der Waals surface area (Å²) < 4.78 is 1.85. The Hall–Kier alpha value is -3.42.